The van der Waals surface area contributed by atoms with E-state index < -0.39 is 0 Å². The van der Waals surface area contributed by atoms with Crippen LogP contribution in [0.5, 0.6) is 5.75 Å². The molecule has 0 aliphatic heterocycles. The summed E-state index contributed by atoms with van der Waals surface area (Å²) in [6.45, 7) is 8.51. The summed E-state index contributed by atoms with van der Waals surface area (Å²) in [5, 5.41) is 3.33. The van der Waals surface area contributed by atoms with E-state index in [-0.39, 0.29) is 0 Å². The number of rotatable bonds is 11. The second-order valence-electron chi connectivity index (χ2n) is 4.65. The summed E-state index contributed by atoms with van der Waals surface area (Å²) in [4.78, 5) is 4.38. The Morgan fingerprint density at radius 3 is 2.89 bits per heavy atom. The van der Waals surface area contributed by atoms with E-state index in [4.69, 9.17) is 4.74 Å². The number of pyridine rings is 1. The predicted octanol–water partition coefficient (Wildman–Crippen LogP) is 3.71. The first-order chi connectivity index (χ1) is 9.36. The number of ether oxygens (including phenoxy) is 1. The molecule has 0 radical (unpaired) electrons. The molecule has 0 aliphatic carbocycles. The first-order valence-electron chi connectivity index (χ1n) is 7.26. The molecule has 19 heavy (non-hydrogen) atoms. The molecule has 1 aromatic rings. The van der Waals surface area contributed by atoms with Gasteiger partial charge in [-0.05, 0) is 50.8 Å². The molecular weight excluding hydrogens is 236 g/mol. The molecular formula is C16H26N2O. The lowest BCUT2D eigenvalue weighted by Gasteiger charge is -2.07. The van der Waals surface area contributed by atoms with Gasteiger partial charge in [0.05, 0.1) is 18.5 Å². The third kappa shape index (κ3) is 7.62. The summed E-state index contributed by atoms with van der Waals surface area (Å²) in [6, 6.07) is 4.02. The van der Waals surface area contributed by atoms with E-state index in [9.17, 15) is 0 Å². The Morgan fingerprint density at radius 2 is 2.21 bits per heavy atom. The summed E-state index contributed by atoms with van der Waals surface area (Å²) < 4.78 is 5.66. The summed E-state index contributed by atoms with van der Waals surface area (Å²) in [5.74, 6) is 0.864. The van der Waals surface area contributed by atoms with Crippen LogP contribution in [-0.4, -0.2) is 18.1 Å². The number of aromatic nitrogens is 1. The first-order valence-corrected chi connectivity index (χ1v) is 7.26. The van der Waals surface area contributed by atoms with Crippen LogP contribution in [0.2, 0.25) is 0 Å². The van der Waals surface area contributed by atoms with Crippen molar-refractivity contribution < 1.29 is 4.74 Å². The average Bonchev–Trinajstić information content (AvgIpc) is 2.44. The molecule has 1 aromatic heterocycles. The first kappa shape index (κ1) is 15.7. The number of nitrogens with one attached hydrogen (secondary N) is 1. The van der Waals surface area contributed by atoms with Crippen LogP contribution in [0, 0.1) is 0 Å². The van der Waals surface area contributed by atoms with Gasteiger partial charge in [-0.2, -0.15) is 0 Å². The molecule has 3 nitrogen and oxygen atoms in total. The number of hydrogen-bond acceptors (Lipinski definition) is 3. The Balaban J connectivity index is 2.15. The lowest BCUT2D eigenvalue weighted by atomic mass is 10.2. The van der Waals surface area contributed by atoms with E-state index >= 15 is 0 Å². The number of nitrogens with zero attached hydrogens (tertiary/aromatic N) is 1. The van der Waals surface area contributed by atoms with Crippen LogP contribution < -0.4 is 10.1 Å². The summed E-state index contributed by atoms with van der Waals surface area (Å²) in [5.41, 5.74) is 1.06. The summed E-state index contributed by atoms with van der Waals surface area (Å²) >= 11 is 0. The largest absolute Gasteiger partial charge is 0.492 e. The van der Waals surface area contributed by atoms with Crippen LogP contribution >= 0.6 is 0 Å². The molecule has 0 amide bonds. The minimum absolute atomic E-state index is 0.770. The van der Waals surface area contributed by atoms with Gasteiger partial charge in [0.1, 0.15) is 5.75 Å². The second kappa shape index (κ2) is 10.6. The van der Waals surface area contributed by atoms with Crippen molar-refractivity contribution in [3.63, 3.8) is 0 Å². The fourth-order valence-electron chi connectivity index (χ4n) is 1.75. The number of allylic oxidation sites excluding steroid dienone is 1. The van der Waals surface area contributed by atoms with Crippen LogP contribution in [0.1, 0.15) is 44.7 Å². The molecule has 1 heterocycles. The van der Waals surface area contributed by atoms with Gasteiger partial charge in [0.25, 0.3) is 0 Å². The van der Waals surface area contributed by atoms with Gasteiger partial charge in [0.15, 0.2) is 0 Å². The molecule has 0 spiro atoms. The SMILES string of the molecule is C=CCCCCCOc1ccc(CNCCC)nc1. The number of unbranched alkanes of at least 4 members (excludes halogenated alkanes) is 3. The maximum Gasteiger partial charge on any atom is 0.137 e. The van der Waals surface area contributed by atoms with Crippen molar-refractivity contribution in [3.05, 3.63) is 36.7 Å². The Labute approximate surface area is 117 Å². The van der Waals surface area contributed by atoms with Gasteiger partial charge in [-0.25, -0.2) is 0 Å². The molecule has 106 valence electrons. The summed E-state index contributed by atoms with van der Waals surface area (Å²) in [6.07, 6.45) is 9.51. The molecule has 0 saturated heterocycles. The topological polar surface area (TPSA) is 34.1 Å². The molecule has 0 atom stereocenters. The van der Waals surface area contributed by atoms with Gasteiger partial charge in [0, 0.05) is 6.54 Å². The zero-order valence-corrected chi connectivity index (χ0v) is 12.0. The van der Waals surface area contributed by atoms with E-state index in [1.54, 1.807) is 0 Å². The highest BCUT2D eigenvalue weighted by molar-refractivity contribution is 5.19. The highest BCUT2D eigenvalue weighted by Crippen LogP contribution is 2.10. The smallest absolute Gasteiger partial charge is 0.137 e. The minimum atomic E-state index is 0.770. The lowest BCUT2D eigenvalue weighted by molar-refractivity contribution is 0.304. The van der Waals surface area contributed by atoms with Gasteiger partial charge >= 0.3 is 0 Å². The van der Waals surface area contributed by atoms with Gasteiger partial charge in [-0.1, -0.05) is 13.0 Å². The van der Waals surface area contributed by atoms with Crippen LogP contribution in [0.3, 0.4) is 0 Å². The Hall–Kier alpha value is -1.35. The molecule has 1 N–H and O–H groups in total. The Morgan fingerprint density at radius 1 is 1.32 bits per heavy atom. The van der Waals surface area contributed by atoms with Crippen molar-refractivity contribution in [2.45, 2.75) is 45.6 Å². The molecule has 0 saturated carbocycles. The van der Waals surface area contributed by atoms with Crippen molar-refractivity contribution in [2.24, 2.45) is 0 Å². The van der Waals surface area contributed by atoms with Gasteiger partial charge < -0.3 is 10.1 Å². The highest BCUT2D eigenvalue weighted by Gasteiger charge is 1.97. The molecule has 3 heteroatoms. The van der Waals surface area contributed by atoms with E-state index in [1.807, 2.05) is 24.4 Å². The monoisotopic (exact) mass is 262 g/mol. The van der Waals surface area contributed by atoms with Gasteiger partial charge in [0.2, 0.25) is 0 Å². The highest BCUT2D eigenvalue weighted by atomic mass is 16.5. The van der Waals surface area contributed by atoms with E-state index in [0.717, 1.165) is 50.4 Å². The molecule has 0 bridgehead atoms. The van der Waals surface area contributed by atoms with Crippen molar-refractivity contribution in [1.82, 2.24) is 10.3 Å². The number of hydrogen-bond donors (Lipinski definition) is 1. The van der Waals surface area contributed by atoms with Crippen LogP contribution in [-0.2, 0) is 6.54 Å². The van der Waals surface area contributed by atoms with E-state index in [2.05, 4.69) is 23.8 Å². The normalized spacial score (nSPS) is 10.4. The van der Waals surface area contributed by atoms with Crippen molar-refractivity contribution in [2.75, 3.05) is 13.2 Å². The van der Waals surface area contributed by atoms with E-state index in [0.29, 0.717) is 0 Å². The van der Waals surface area contributed by atoms with Crippen molar-refractivity contribution >= 4 is 0 Å². The quantitative estimate of drug-likeness (QED) is 0.487. The third-order valence-electron chi connectivity index (χ3n) is 2.85. The zero-order valence-electron chi connectivity index (χ0n) is 12.0. The molecule has 0 unspecified atom stereocenters. The Bertz CT molecular complexity index is 335. The average molecular weight is 262 g/mol. The van der Waals surface area contributed by atoms with Gasteiger partial charge in [-0.15, -0.1) is 6.58 Å². The fourth-order valence-corrected chi connectivity index (χ4v) is 1.75. The standard InChI is InChI=1S/C16H26N2O/c1-3-5-6-7-8-12-19-16-10-9-15(18-14-16)13-17-11-4-2/h3,9-10,14,17H,1,4-8,11-13H2,2H3. The fraction of sp³-hybridized carbons (Fsp3) is 0.562. The lowest BCUT2D eigenvalue weighted by Crippen LogP contribution is -2.14. The third-order valence-corrected chi connectivity index (χ3v) is 2.85. The van der Waals surface area contributed by atoms with Crippen molar-refractivity contribution in [1.29, 1.82) is 0 Å². The molecule has 0 aromatic carbocycles. The van der Waals surface area contributed by atoms with Crippen LogP contribution in [0.25, 0.3) is 0 Å². The maximum atomic E-state index is 5.66. The van der Waals surface area contributed by atoms with Gasteiger partial charge in [-0.3, -0.25) is 4.98 Å². The predicted molar refractivity (Wildman–Crippen MR) is 80.4 cm³/mol. The maximum absolute atomic E-state index is 5.66. The minimum Gasteiger partial charge on any atom is -0.492 e. The van der Waals surface area contributed by atoms with Crippen LogP contribution in [0.4, 0.5) is 0 Å². The molecule has 1 rings (SSSR count). The summed E-state index contributed by atoms with van der Waals surface area (Å²) in [7, 11) is 0. The molecule has 0 aliphatic rings. The second-order valence-corrected chi connectivity index (χ2v) is 4.65. The molecule has 0 fully saturated rings. The Kier molecular flexibility index (Phi) is 8.73. The van der Waals surface area contributed by atoms with Crippen molar-refractivity contribution in [3.8, 4) is 5.75 Å². The zero-order chi connectivity index (χ0) is 13.8. The van der Waals surface area contributed by atoms with E-state index in [1.165, 1.54) is 12.8 Å². The van der Waals surface area contributed by atoms with Crippen LogP contribution in [0.15, 0.2) is 31.0 Å².